The summed E-state index contributed by atoms with van der Waals surface area (Å²) in [5.74, 6) is 0.818. The fourth-order valence-electron chi connectivity index (χ4n) is 2.60. The van der Waals surface area contributed by atoms with Crippen molar-refractivity contribution in [3.05, 3.63) is 59.5 Å². The van der Waals surface area contributed by atoms with Gasteiger partial charge in [0.1, 0.15) is 17.2 Å². The number of nitrogens with zero attached hydrogens (tertiary/aromatic N) is 1. The first-order valence-corrected chi connectivity index (χ1v) is 9.59. The van der Waals surface area contributed by atoms with Crippen molar-refractivity contribution >= 4 is 28.5 Å². The molecule has 0 aliphatic carbocycles. The molecule has 30 heavy (non-hydrogen) atoms. The lowest BCUT2D eigenvalue weighted by Gasteiger charge is -2.08. The molecular weight excluding hydrogens is 414 g/mol. The van der Waals surface area contributed by atoms with Crippen molar-refractivity contribution in [2.24, 2.45) is 0 Å². The van der Waals surface area contributed by atoms with Crippen LogP contribution in [0.1, 0.15) is 5.56 Å². The van der Waals surface area contributed by atoms with Crippen molar-refractivity contribution in [2.75, 3.05) is 19.5 Å². The number of carbonyl (C=O) groups is 1. The molecule has 0 radical (unpaired) electrons. The number of amides is 1. The van der Waals surface area contributed by atoms with Crippen LogP contribution in [0.2, 0.25) is 0 Å². The van der Waals surface area contributed by atoms with Gasteiger partial charge in [-0.3, -0.25) is 10.1 Å². The maximum Gasteiger partial charge on any atom is 0.387 e. The molecule has 0 aliphatic rings. The lowest BCUT2D eigenvalue weighted by atomic mass is 10.1. The van der Waals surface area contributed by atoms with Gasteiger partial charge in [-0.05, 0) is 30.3 Å². The Kier molecular flexibility index (Phi) is 6.97. The van der Waals surface area contributed by atoms with E-state index in [1.165, 1.54) is 30.6 Å². The zero-order valence-corrected chi connectivity index (χ0v) is 16.9. The van der Waals surface area contributed by atoms with E-state index >= 15 is 0 Å². The predicted molar refractivity (Wildman–Crippen MR) is 111 cm³/mol. The fraction of sp³-hybridized carbons (Fsp3) is 0.143. The molecule has 0 fully saturated rings. The highest BCUT2D eigenvalue weighted by atomic mass is 32.1. The van der Waals surface area contributed by atoms with Crippen molar-refractivity contribution in [3.8, 4) is 28.5 Å². The van der Waals surface area contributed by atoms with Gasteiger partial charge in [-0.2, -0.15) is 8.78 Å². The van der Waals surface area contributed by atoms with Crippen LogP contribution in [-0.4, -0.2) is 31.7 Å². The number of para-hydroxylation sites is 1. The van der Waals surface area contributed by atoms with Crippen LogP contribution < -0.4 is 19.5 Å². The summed E-state index contributed by atoms with van der Waals surface area (Å²) in [6.45, 7) is -2.94. The van der Waals surface area contributed by atoms with E-state index in [1.807, 2.05) is 0 Å². The minimum Gasteiger partial charge on any atom is -0.497 e. The average Bonchev–Trinajstić information content (AvgIpc) is 3.20. The Balaban J connectivity index is 1.71. The van der Waals surface area contributed by atoms with Gasteiger partial charge in [0.05, 0.1) is 19.9 Å². The van der Waals surface area contributed by atoms with Crippen LogP contribution in [-0.2, 0) is 4.79 Å². The second-order valence-corrected chi connectivity index (χ2v) is 6.70. The number of aromatic nitrogens is 1. The average molecular weight is 432 g/mol. The molecule has 1 amide bonds. The van der Waals surface area contributed by atoms with Crippen LogP contribution in [0.25, 0.3) is 17.3 Å². The van der Waals surface area contributed by atoms with E-state index in [2.05, 4.69) is 15.0 Å². The topological polar surface area (TPSA) is 69.7 Å². The first-order valence-electron chi connectivity index (χ1n) is 8.71. The molecule has 0 saturated heterocycles. The van der Waals surface area contributed by atoms with E-state index in [4.69, 9.17) is 9.47 Å². The molecule has 3 rings (SSSR count). The Bertz CT molecular complexity index is 1050. The maximum atomic E-state index is 12.6. The number of ether oxygens (including phenoxy) is 3. The normalized spacial score (nSPS) is 11.0. The lowest BCUT2D eigenvalue weighted by Crippen LogP contribution is -2.07. The summed E-state index contributed by atoms with van der Waals surface area (Å²) in [5.41, 5.74) is 1.53. The summed E-state index contributed by atoms with van der Waals surface area (Å²) >= 11 is 1.17. The molecule has 1 N–H and O–H groups in total. The first kappa shape index (κ1) is 21.3. The molecule has 6 nitrogen and oxygen atoms in total. The standard InChI is InChI=1S/C21H18F2N2O4S/c1-27-14-9-7-13(18(11-14)28-2)8-10-19(26)25-21-24-16(12-30-21)15-5-3-4-6-17(15)29-20(22)23/h3-12,20H,1-2H3,(H,24,25,26)/b10-8+. The number of rotatable bonds is 8. The molecule has 156 valence electrons. The van der Waals surface area contributed by atoms with Gasteiger partial charge in [-0.25, -0.2) is 4.98 Å². The molecule has 9 heteroatoms. The maximum absolute atomic E-state index is 12.6. The third-order valence-corrected chi connectivity index (χ3v) is 4.73. The van der Waals surface area contributed by atoms with Crippen molar-refractivity contribution in [3.63, 3.8) is 0 Å². The molecule has 1 aromatic heterocycles. The van der Waals surface area contributed by atoms with Crippen LogP contribution >= 0.6 is 11.3 Å². The summed E-state index contributed by atoms with van der Waals surface area (Å²) in [5, 5.41) is 4.63. The second kappa shape index (κ2) is 9.84. The minimum absolute atomic E-state index is 0.0159. The highest BCUT2D eigenvalue weighted by Crippen LogP contribution is 2.33. The number of halogens is 2. The minimum atomic E-state index is -2.94. The predicted octanol–water partition coefficient (Wildman–Crippen LogP) is 5.08. The molecular formula is C21H18F2N2O4S. The number of anilines is 1. The molecule has 2 aromatic carbocycles. The fourth-order valence-corrected chi connectivity index (χ4v) is 3.31. The number of benzene rings is 2. The number of alkyl halides is 2. The Hall–Kier alpha value is -3.46. The molecule has 1 heterocycles. The number of hydrogen-bond donors (Lipinski definition) is 1. The Labute approximate surface area is 175 Å². The van der Waals surface area contributed by atoms with Crippen LogP contribution in [0.3, 0.4) is 0 Å². The van der Waals surface area contributed by atoms with Crippen LogP contribution in [0.5, 0.6) is 17.2 Å². The Morgan fingerprint density at radius 1 is 1.13 bits per heavy atom. The SMILES string of the molecule is COc1ccc(/C=C/C(=O)Nc2nc(-c3ccccc3OC(F)F)cs2)c(OC)c1. The number of thiazole rings is 1. The van der Waals surface area contributed by atoms with Gasteiger partial charge in [0.15, 0.2) is 5.13 Å². The number of nitrogens with one attached hydrogen (secondary N) is 1. The van der Waals surface area contributed by atoms with Crippen LogP contribution in [0.4, 0.5) is 13.9 Å². The smallest absolute Gasteiger partial charge is 0.387 e. The summed E-state index contributed by atoms with van der Waals surface area (Å²) in [6.07, 6.45) is 2.95. The van der Waals surface area contributed by atoms with Crippen LogP contribution in [0.15, 0.2) is 53.9 Å². The number of methoxy groups -OCH3 is 2. The molecule has 0 aliphatic heterocycles. The van der Waals surface area contributed by atoms with E-state index in [0.717, 1.165) is 0 Å². The van der Waals surface area contributed by atoms with Gasteiger partial charge in [-0.15, -0.1) is 11.3 Å². The number of carbonyl (C=O) groups excluding carboxylic acids is 1. The quantitative estimate of drug-likeness (QED) is 0.503. The zero-order chi connectivity index (χ0) is 21.5. The highest BCUT2D eigenvalue weighted by molar-refractivity contribution is 7.14. The molecule has 0 spiro atoms. The second-order valence-electron chi connectivity index (χ2n) is 5.84. The lowest BCUT2D eigenvalue weighted by molar-refractivity contribution is -0.111. The van der Waals surface area contributed by atoms with E-state index in [-0.39, 0.29) is 5.75 Å². The van der Waals surface area contributed by atoms with Gasteiger partial charge in [0.25, 0.3) is 0 Å². The van der Waals surface area contributed by atoms with E-state index in [0.29, 0.717) is 33.5 Å². The largest absolute Gasteiger partial charge is 0.497 e. The molecule has 0 unspecified atom stereocenters. The number of hydrogen-bond acceptors (Lipinski definition) is 6. The molecule has 3 aromatic rings. The van der Waals surface area contributed by atoms with E-state index in [9.17, 15) is 13.6 Å². The third kappa shape index (κ3) is 5.32. The van der Waals surface area contributed by atoms with Crippen molar-refractivity contribution in [2.45, 2.75) is 6.61 Å². The van der Waals surface area contributed by atoms with Gasteiger partial charge in [0, 0.05) is 28.6 Å². The molecule has 0 bridgehead atoms. The molecule has 0 atom stereocenters. The third-order valence-electron chi connectivity index (χ3n) is 3.97. The highest BCUT2D eigenvalue weighted by Gasteiger charge is 2.14. The van der Waals surface area contributed by atoms with Gasteiger partial charge in [-0.1, -0.05) is 12.1 Å². The van der Waals surface area contributed by atoms with Crippen molar-refractivity contribution in [1.82, 2.24) is 4.98 Å². The molecule has 0 saturated carbocycles. The first-order chi connectivity index (χ1) is 14.5. The monoisotopic (exact) mass is 432 g/mol. The zero-order valence-electron chi connectivity index (χ0n) is 16.1. The van der Waals surface area contributed by atoms with Gasteiger partial charge in [0.2, 0.25) is 5.91 Å². The van der Waals surface area contributed by atoms with Crippen molar-refractivity contribution in [1.29, 1.82) is 0 Å². The Morgan fingerprint density at radius 3 is 2.67 bits per heavy atom. The summed E-state index contributed by atoms with van der Waals surface area (Å²) in [7, 11) is 3.08. The van der Waals surface area contributed by atoms with E-state index in [1.54, 1.807) is 55.0 Å². The summed E-state index contributed by atoms with van der Waals surface area (Å²) in [4.78, 5) is 16.5. The van der Waals surface area contributed by atoms with Gasteiger partial charge >= 0.3 is 6.61 Å². The van der Waals surface area contributed by atoms with E-state index < -0.39 is 12.5 Å². The Morgan fingerprint density at radius 2 is 1.93 bits per heavy atom. The summed E-state index contributed by atoms with van der Waals surface area (Å²) in [6, 6.07) is 11.6. The van der Waals surface area contributed by atoms with Gasteiger partial charge < -0.3 is 14.2 Å². The van der Waals surface area contributed by atoms with Crippen LogP contribution in [0, 0.1) is 0 Å². The van der Waals surface area contributed by atoms with Crippen molar-refractivity contribution < 1.29 is 27.8 Å². The summed E-state index contributed by atoms with van der Waals surface area (Å²) < 4.78 is 40.2.